The smallest absolute Gasteiger partial charge is 0.186 e. The molecule has 1 fully saturated rings. The van der Waals surface area contributed by atoms with Crippen molar-refractivity contribution in [2.24, 2.45) is 0 Å². The van der Waals surface area contributed by atoms with E-state index in [1.165, 1.54) is 109 Å². The van der Waals surface area contributed by atoms with Crippen molar-refractivity contribution < 1.29 is 40.1 Å². The van der Waals surface area contributed by atoms with E-state index in [1.807, 2.05) is 6.92 Å². The van der Waals surface area contributed by atoms with Gasteiger partial charge in [-0.3, -0.25) is 0 Å². The van der Waals surface area contributed by atoms with Crippen LogP contribution in [0.1, 0.15) is 148 Å². The molecule has 0 spiro atoms. The van der Waals surface area contributed by atoms with Gasteiger partial charge >= 0.3 is 0 Å². The van der Waals surface area contributed by atoms with Gasteiger partial charge in [0.2, 0.25) is 0 Å². The van der Waals surface area contributed by atoms with Gasteiger partial charge in [-0.25, -0.2) is 0 Å². The summed E-state index contributed by atoms with van der Waals surface area (Å²) in [5, 5.41) is 58.2. The van der Waals surface area contributed by atoms with Crippen LogP contribution in [-0.2, 0) is 9.47 Å². The maximum atomic E-state index is 10.2. The minimum atomic E-state index is -1.44. The van der Waals surface area contributed by atoms with E-state index in [-0.39, 0.29) is 12.7 Å². The molecule has 1 aliphatic rings. The highest BCUT2D eigenvalue weighted by Crippen LogP contribution is 2.22. The largest absolute Gasteiger partial charge is 0.394 e. The van der Waals surface area contributed by atoms with Crippen LogP contribution in [0.5, 0.6) is 0 Å². The zero-order valence-corrected chi connectivity index (χ0v) is 25.5. The molecular formula is C32H64O8. The first-order chi connectivity index (χ1) is 19.4. The van der Waals surface area contributed by atoms with Crippen molar-refractivity contribution in [2.75, 3.05) is 13.2 Å². The van der Waals surface area contributed by atoms with Gasteiger partial charge in [-0.1, -0.05) is 122 Å². The quantitative estimate of drug-likeness (QED) is 0.0740. The zero-order valence-electron chi connectivity index (χ0n) is 25.5. The van der Waals surface area contributed by atoms with Crippen molar-refractivity contribution in [3.63, 3.8) is 0 Å². The van der Waals surface area contributed by atoms with Crippen molar-refractivity contribution in [3.8, 4) is 0 Å². The summed E-state index contributed by atoms with van der Waals surface area (Å²) in [5.41, 5.74) is 0. The fourth-order valence-corrected chi connectivity index (χ4v) is 5.49. The highest BCUT2D eigenvalue weighted by atomic mass is 16.7. The second-order valence-electron chi connectivity index (χ2n) is 12.2. The van der Waals surface area contributed by atoms with E-state index in [4.69, 9.17) is 9.47 Å². The number of ether oxygens (including phenoxy) is 2. The lowest BCUT2D eigenvalue weighted by Gasteiger charge is -2.39. The Labute approximate surface area is 244 Å². The number of hydrogen-bond donors (Lipinski definition) is 6. The van der Waals surface area contributed by atoms with E-state index in [9.17, 15) is 30.6 Å². The average Bonchev–Trinajstić information content (AvgIpc) is 2.93. The van der Waals surface area contributed by atoms with Gasteiger partial charge in [0, 0.05) is 0 Å². The van der Waals surface area contributed by atoms with Crippen LogP contribution >= 0.6 is 0 Å². The molecule has 8 nitrogen and oxygen atoms in total. The lowest BCUT2D eigenvalue weighted by atomic mass is 9.99. The number of unbranched alkanes of at least 4 members (excludes halogenated alkanes) is 18. The maximum Gasteiger partial charge on any atom is 0.186 e. The van der Waals surface area contributed by atoms with Crippen LogP contribution in [0.25, 0.3) is 0 Å². The summed E-state index contributed by atoms with van der Waals surface area (Å²) in [6, 6.07) is 0. The van der Waals surface area contributed by atoms with Gasteiger partial charge in [-0.05, 0) is 26.2 Å². The summed E-state index contributed by atoms with van der Waals surface area (Å²) in [4.78, 5) is 0. The molecule has 40 heavy (non-hydrogen) atoms. The van der Waals surface area contributed by atoms with Gasteiger partial charge in [0.1, 0.15) is 24.4 Å². The van der Waals surface area contributed by atoms with Crippen molar-refractivity contribution in [2.45, 2.75) is 191 Å². The summed E-state index contributed by atoms with van der Waals surface area (Å²) in [6.07, 6.45) is 19.8. The fourth-order valence-electron chi connectivity index (χ4n) is 5.49. The van der Waals surface area contributed by atoms with E-state index in [0.717, 1.165) is 19.3 Å². The lowest BCUT2D eigenvalue weighted by Crippen LogP contribution is -2.59. The third kappa shape index (κ3) is 19.0. The van der Waals surface area contributed by atoms with Crippen LogP contribution in [0, 0.1) is 0 Å². The molecule has 0 radical (unpaired) electrons. The molecule has 0 aliphatic carbocycles. The Morgan fingerprint density at radius 3 is 1.35 bits per heavy atom. The van der Waals surface area contributed by atoms with Gasteiger partial charge in [-0.2, -0.15) is 0 Å². The maximum absolute atomic E-state index is 10.2. The Morgan fingerprint density at radius 1 is 0.550 bits per heavy atom. The molecule has 8 heteroatoms. The van der Waals surface area contributed by atoms with Crippen molar-refractivity contribution in [3.05, 3.63) is 0 Å². The van der Waals surface area contributed by atoms with Crippen LogP contribution in [0.4, 0.5) is 0 Å². The molecule has 0 aromatic heterocycles. The minimum Gasteiger partial charge on any atom is -0.394 e. The van der Waals surface area contributed by atoms with Crippen LogP contribution in [0.3, 0.4) is 0 Å². The average molecular weight is 577 g/mol. The van der Waals surface area contributed by atoms with Gasteiger partial charge < -0.3 is 40.1 Å². The molecule has 1 heterocycles. The van der Waals surface area contributed by atoms with E-state index < -0.39 is 43.4 Å². The van der Waals surface area contributed by atoms with Crippen LogP contribution in [0.2, 0.25) is 0 Å². The predicted molar refractivity (Wildman–Crippen MR) is 159 cm³/mol. The van der Waals surface area contributed by atoms with Gasteiger partial charge in [0.25, 0.3) is 0 Å². The van der Waals surface area contributed by atoms with Crippen molar-refractivity contribution >= 4 is 0 Å². The second kappa shape index (κ2) is 25.2. The molecule has 1 aliphatic heterocycles. The first-order valence-electron chi connectivity index (χ1n) is 16.6. The molecule has 7 unspecified atom stereocenters. The summed E-state index contributed by atoms with van der Waals surface area (Å²) < 4.78 is 10.8. The zero-order chi connectivity index (χ0) is 29.4. The summed E-state index contributed by atoms with van der Waals surface area (Å²) in [5.74, 6) is 0. The fraction of sp³-hybridized carbons (Fsp3) is 1.00. The first kappa shape index (κ1) is 37.7. The molecule has 0 saturated carbocycles. The van der Waals surface area contributed by atoms with Gasteiger partial charge in [0.05, 0.1) is 25.4 Å². The van der Waals surface area contributed by atoms with Crippen molar-refractivity contribution in [1.82, 2.24) is 0 Å². The molecular weight excluding hydrogens is 512 g/mol. The summed E-state index contributed by atoms with van der Waals surface area (Å²) >= 11 is 0. The topological polar surface area (TPSA) is 140 Å². The van der Waals surface area contributed by atoms with E-state index in [0.29, 0.717) is 12.8 Å². The van der Waals surface area contributed by atoms with Gasteiger partial charge in [-0.15, -0.1) is 0 Å². The Kier molecular flexibility index (Phi) is 23.8. The molecule has 1 rings (SSSR count). The second-order valence-corrected chi connectivity index (χ2v) is 12.2. The van der Waals surface area contributed by atoms with Crippen molar-refractivity contribution in [1.29, 1.82) is 0 Å². The standard InChI is InChI=1S/C32H64O8/c1-26(34)21-19-17-15-13-11-9-7-5-3-2-4-6-8-10-12-14-16-18-20-22-27(35)23-24-39-32-31(38)30(37)29(36)28(25-33)40-32/h26-38H,2-25H2,1H3. The minimum absolute atomic E-state index is 0.135. The lowest BCUT2D eigenvalue weighted by molar-refractivity contribution is -0.301. The summed E-state index contributed by atoms with van der Waals surface area (Å²) in [7, 11) is 0. The van der Waals surface area contributed by atoms with E-state index in [2.05, 4.69) is 0 Å². The van der Waals surface area contributed by atoms with Crippen LogP contribution in [-0.4, -0.2) is 86.8 Å². The van der Waals surface area contributed by atoms with Gasteiger partial charge in [0.15, 0.2) is 6.29 Å². The molecule has 7 atom stereocenters. The molecule has 1 saturated heterocycles. The number of rotatable bonds is 27. The predicted octanol–water partition coefficient (Wildman–Crippen LogP) is 5.13. The Balaban J connectivity index is 1.80. The van der Waals surface area contributed by atoms with Crippen LogP contribution < -0.4 is 0 Å². The van der Waals surface area contributed by atoms with E-state index >= 15 is 0 Å². The highest BCUT2D eigenvalue weighted by molar-refractivity contribution is 4.88. The number of aliphatic hydroxyl groups excluding tert-OH is 6. The molecule has 0 amide bonds. The number of aliphatic hydroxyl groups is 6. The monoisotopic (exact) mass is 576 g/mol. The third-order valence-corrected chi connectivity index (χ3v) is 8.24. The Morgan fingerprint density at radius 2 is 0.950 bits per heavy atom. The number of hydrogen-bond acceptors (Lipinski definition) is 8. The Bertz CT molecular complexity index is 547. The Hall–Kier alpha value is -0.320. The highest BCUT2D eigenvalue weighted by Gasteiger charge is 2.43. The molecule has 240 valence electrons. The third-order valence-electron chi connectivity index (χ3n) is 8.24. The first-order valence-corrected chi connectivity index (χ1v) is 16.6. The summed E-state index contributed by atoms with van der Waals surface area (Å²) in [6.45, 7) is 1.56. The SMILES string of the molecule is CC(O)CCCCCCCCCCCCCCCCCCCCCC(O)CCOC1OC(CO)C(O)C(O)C1O. The molecule has 0 aromatic rings. The van der Waals surface area contributed by atoms with Crippen LogP contribution in [0.15, 0.2) is 0 Å². The molecule has 0 aromatic carbocycles. The molecule has 6 N–H and O–H groups in total. The normalized spacial score (nSPS) is 24.8. The van der Waals surface area contributed by atoms with E-state index in [1.54, 1.807) is 0 Å². The molecule has 0 bridgehead atoms.